The van der Waals surface area contributed by atoms with Gasteiger partial charge in [-0.15, -0.1) is 0 Å². The molecule has 0 aromatic rings. The summed E-state index contributed by atoms with van der Waals surface area (Å²) in [5, 5.41) is 12.3. The first kappa shape index (κ1) is 8.09. The summed E-state index contributed by atoms with van der Waals surface area (Å²) >= 11 is 0. The van der Waals surface area contributed by atoms with E-state index in [1.54, 1.807) is 0 Å². The number of nitrogens with zero attached hydrogens (tertiary/aromatic N) is 1. The van der Waals surface area contributed by atoms with Gasteiger partial charge in [0.2, 0.25) is 0 Å². The average molecular weight is 167 g/mol. The zero-order valence-corrected chi connectivity index (χ0v) is 7.50. The van der Waals surface area contributed by atoms with Crippen molar-refractivity contribution in [2.45, 2.75) is 44.9 Å². The molecule has 2 atom stereocenters. The summed E-state index contributed by atoms with van der Waals surface area (Å²) in [5.74, 6) is 1.48. The van der Waals surface area contributed by atoms with Crippen LogP contribution in [0.4, 0.5) is 0 Å². The normalized spacial score (nSPS) is 39.5. The number of hydrogen-bond donors (Lipinski definition) is 1. The summed E-state index contributed by atoms with van der Waals surface area (Å²) in [6.45, 7) is 0. The molecule has 2 fully saturated rings. The minimum absolute atomic E-state index is 0.637. The maximum absolute atomic E-state index is 8.82. The van der Waals surface area contributed by atoms with Gasteiger partial charge in [0.15, 0.2) is 0 Å². The fourth-order valence-corrected chi connectivity index (χ4v) is 2.85. The van der Waals surface area contributed by atoms with Crippen molar-refractivity contribution < 1.29 is 5.21 Å². The van der Waals surface area contributed by atoms with E-state index < -0.39 is 0 Å². The van der Waals surface area contributed by atoms with E-state index in [4.69, 9.17) is 5.21 Å². The lowest BCUT2D eigenvalue weighted by atomic mass is 9.70. The number of oxime groups is 1. The molecule has 0 radical (unpaired) electrons. The molecule has 0 aromatic carbocycles. The van der Waals surface area contributed by atoms with E-state index in [1.165, 1.54) is 38.5 Å². The maximum Gasteiger partial charge on any atom is 0.0604 e. The molecule has 0 aromatic heterocycles. The lowest BCUT2D eigenvalue weighted by Gasteiger charge is -2.35. The zero-order chi connectivity index (χ0) is 8.39. The monoisotopic (exact) mass is 167 g/mol. The maximum atomic E-state index is 8.82. The van der Waals surface area contributed by atoms with Gasteiger partial charge in [-0.05, 0) is 38.0 Å². The minimum Gasteiger partial charge on any atom is -0.411 e. The third kappa shape index (κ3) is 1.35. The van der Waals surface area contributed by atoms with Crippen LogP contribution in [0.1, 0.15) is 44.9 Å². The first-order chi connectivity index (χ1) is 5.92. The Bertz CT molecular complexity index is 186. The summed E-state index contributed by atoms with van der Waals surface area (Å²) in [7, 11) is 0. The Labute approximate surface area is 73.7 Å². The van der Waals surface area contributed by atoms with Crippen LogP contribution in [-0.4, -0.2) is 10.9 Å². The average Bonchev–Trinajstić information content (AvgIpc) is 2.17. The molecule has 2 heteroatoms. The molecule has 2 aliphatic carbocycles. The topological polar surface area (TPSA) is 32.6 Å². The summed E-state index contributed by atoms with van der Waals surface area (Å²) < 4.78 is 0. The van der Waals surface area contributed by atoms with Crippen LogP contribution in [0, 0.1) is 11.8 Å². The predicted octanol–water partition coefficient (Wildman–Crippen LogP) is 2.81. The summed E-state index contributed by atoms with van der Waals surface area (Å²) in [5.41, 5.74) is 1.09. The van der Waals surface area contributed by atoms with Crippen LogP contribution >= 0.6 is 0 Å². The molecule has 0 unspecified atom stereocenters. The van der Waals surface area contributed by atoms with Gasteiger partial charge in [0, 0.05) is 5.92 Å². The van der Waals surface area contributed by atoms with Crippen molar-refractivity contribution >= 4 is 5.71 Å². The Balaban J connectivity index is 2.09. The SMILES string of the molecule is O/N=C1\CCC[C@H]2CCCC[C@H]12. The van der Waals surface area contributed by atoms with Gasteiger partial charge in [-0.1, -0.05) is 18.0 Å². The van der Waals surface area contributed by atoms with Crippen molar-refractivity contribution in [1.29, 1.82) is 0 Å². The molecule has 1 N–H and O–H groups in total. The lowest BCUT2D eigenvalue weighted by Crippen LogP contribution is -2.31. The predicted molar refractivity (Wildman–Crippen MR) is 48.5 cm³/mol. The zero-order valence-electron chi connectivity index (χ0n) is 7.50. The van der Waals surface area contributed by atoms with Crippen molar-refractivity contribution in [3.63, 3.8) is 0 Å². The van der Waals surface area contributed by atoms with Crippen molar-refractivity contribution in [3.05, 3.63) is 0 Å². The van der Waals surface area contributed by atoms with Gasteiger partial charge in [0.05, 0.1) is 5.71 Å². The highest BCUT2D eigenvalue weighted by molar-refractivity contribution is 5.87. The second kappa shape index (κ2) is 3.46. The van der Waals surface area contributed by atoms with E-state index >= 15 is 0 Å². The smallest absolute Gasteiger partial charge is 0.0604 e. The Morgan fingerprint density at radius 3 is 2.67 bits per heavy atom. The van der Waals surface area contributed by atoms with Crippen molar-refractivity contribution in [2.24, 2.45) is 17.0 Å². The Morgan fingerprint density at radius 2 is 1.83 bits per heavy atom. The first-order valence-corrected chi connectivity index (χ1v) is 5.12. The van der Waals surface area contributed by atoms with E-state index in [0.29, 0.717) is 5.92 Å². The molecule has 0 aliphatic heterocycles. The van der Waals surface area contributed by atoms with Gasteiger partial charge in [0.25, 0.3) is 0 Å². The highest BCUT2D eigenvalue weighted by Crippen LogP contribution is 2.38. The molecule has 2 nitrogen and oxygen atoms in total. The molecule has 0 saturated heterocycles. The molecule has 0 bridgehead atoms. The third-order valence-electron chi connectivity index (χ3n) is 3.47. The van der Waals surface area contributed by atoms with E-state index in [9.17, 15) is 0 Å². The molecule has 68 valence electrons. The number of hydrogen-bond acceptors (Lipinski definition) is 2. The van der Waals surface area contributed by atoms with Gasteiger partial charge < -0.3 is 5.21 Å². The minimum atomic E-state index is 0.637. The molecule has 2 rings (SSSR count). The standard InChI is InChI=1S/C10H17NO/c12-11-10-7-3-5-8-4-1-2-6-9(8)10/h8-9,12H,1-7H2/b11-10+/t8-,9+/m1/s1. The lowest BCUT2D eigenvalue weighted by molar-refractivity contribution is 0.243. The van der Waals surface area contributed by atoms with Crippen LogP contribution in [0.2, 0.25) is 0 Å². The quantitative estimate of drug-likeness (QED) is 0.436. The van der Waals surface area contributed by atoms with Crippen LogP contribution in [0.3, 0.4) is 0 Å². The van der Waals surface area contributed by atoms with Crippen LogP contribution in [0.25, 0.3) is 0 Å². The number of rotatable bonds is 0. The molecule has 0 spiro atoms. The van der Waals surface area contributed by atoms with Gasteiger partial charge in [-0.2, -0.15) is 0 Å². The van der Waals surface area contributed by atoms with Crippen molar-refractivity contribution in [2.75, 3.05) is 0 Å². The van der Waals surface area contributed by atoms with E-state index in [1.807, 2.05) is 0 Å². The third-order valence-corrected chi connectivity index (χ3v) is 3.47. The van der Waals surface area contributed by atoms with Crippen LogP contribution < -0.4 is 0 Å². The summed E-state index contributed by atoms with van der Waals surface area (Å²) in [6, 6.07) is 0. The fourth-order valence-electron chi connectivity index (χ4n) is 2.85. The van der Waals surface area contributed by atoms with Gasteiger partial charge in [-0.3, -0.25) is 0 Å². The molecule has 2 saturated carbocycles. The largest absolute Gasteiger partial charge is 0.411 e. The molecule has 0 amide bonds. The van der Waals surface area contributed by atoms with Gasteiger partial charge in [0.1, 0.15) is 0 Å². The molecular weight excluding hydrogens is 150 g/mol. The van der Waals surface area contributed by atoms with Crippen molar-refractivity contribution in [3.8, 4) is 0 Å². The van der Waals surface area contributed by atoms with E-state index in [0.717, 1.165) is 18.1 Å². The van der Waals surface area contributed by atoms with E-state index in [2.05, 4.69) is 5.16 Å². The highest BCUT2D eigenvalue weighted by atomic mass is 16.4. The summed E-state index contributed by atoms with van der Waals surface area (Å²) in [4.78, 5) is 0. The molecular formula is C10H17NO. The van der Waals surface area contributed by atoms with Crippen LogP contribution in [0.15, 0.2) is 5.16 Å². The molecule has 12 heavy (non-hydrogen) atoms. The number of fused-ring (bicyclic) bond motifs is 1. The fraction of sp³-hybridized carbons (Fsp3) is 0.900. The Kier molecular flexibility index (Phi) is 2.33. The van der Waals surface area contributed by atoms with E-state index in [-0.39, 0.29) is 0 Å². The van der Waals surface area contributed by atoms with Crippen LogP contribution in [-0.2, 0) is 0 Å². The van der Waals surface area contributed by atoms with Crippen LogP contribution in [0.5, 0.6) is 0 Å². The second-order valence-electron chi connectivity index (χ2n) is 4.13. The van der Waals surface area contributed by atoms with Gasteiger partial charge >= 0.3 is 0 Å². The highest BCUT2D eigenvalue weighted by Gasteiger charge is 2.32. The van der Waals surface area contributed by atoms with Crippen molar-refractivity contribution in [1.82, 2.24) is 0 Å². The molecule has 2 aliphatic rings. The second-order valence-corrected chi connectivity index (χ2v) is 4.13. The summed E-state index contributed by atoms with van der Waals surface area (Å²) in [6.07, 6.45) is 9.00. The Morgan fingerprint density at radius 1 is 1.08 bits per heavy atom. The Hall–Kier alpha value is -0.530. The first-order valence-electron chi connectivity index (χ1n) is 5.12. The van der Waals surface area contributed by atoms with Gasteiger partial charge in [-0.25, -0.2) is 0 Å². The molecule has 0 heterocycles.